The molecule has 0 saturated heterocycles. The molecule has 2 heterocycles. The van der Waals surface area contributed by atoms with Gasteiger partial charge in [0.05, 0.1) is 12.0 Å². The number of hydrogen-bond donors (Lipinski definition) is 2. The van der Waals surface area contributed by atoms with E-state index < -0.39 is 23.5 Å². The highest BCUT2D eigenvalue weighted by molar-refractivity contribution is 6.06. The van der Waals surface area contributed by atoms with E-state index in [1.807, 2.05) is 0 Å². The third-order valence-electron chi connectivity index (χ3n) is 3.03. The number of amides is 1. The van der Waals surface area contributed by atoms with Gasteiger partial charge in [-0.3, -0.25) is 14.4 Å². The van der Waals surface area contributed by atoms with Crippen LogP contribution in [0.3, 0.4) is 0 Å². The Morgan fingerprint density at radius 2 is 2.19 bits per heavy atom. The van der Waals surface area contributed by atoms with E-state index >= 15 is 0 Å². The smallest absolute Gasteiger partial charge is 0.305 e. The zero-order valence-electron chi connectivity index (χ0n) is 11.8. The first-order valence-corrected chi connectivity index (χ1v) is 6.28. The average molecular weight is 293 g/mol. The summed E-state index contributed by atoms with van der Waals surface area (Å²) in [6, 6.07) is -0.570. The summed E-state index contributed by atoms with van der Waals surface area (Å²) in [7, 11) is 1.52. The van der Waals surface area contributed by atoms with E-state index in [9.17, 15) is 14.4 Å². The lowest BCUT2D eigenvalue weighted by molar-refractivity contribution is -0.137. The van der Waals surface area contributed by atoms with E-state index in [1.54, 1.807) is 13.8 Å². The molecule has 0 aliphatic heterocycles. The monoisotopic (exact) mass is 293 g/mol. The average Bonchev–Trinajstić information content (AvgIpc) is 2.70. The Bertz CT molecular complexity index is 774. The van der Waals surface area contributed by atoms with Crippen molar-refractivity contribution in [2.45, 2.75) is 26.3 Å². The van der Waals surface area contributed by atoms with Gasteiger partial charge in [0.1, 0.15) is 17.5 Å². The summed E-state index contributed by atoms with van der Waals surface area (Å²) < 4.78 is 6.56. The molecule has 0 aliphatic rings. The summed E-state index contributed by atoms with van der Waals surface area (Å²) in [5, 5.41) is 11.3. The zero-order chi connectivity index (χ0) is 15.7. The molecule has 2 N–H and O–H groups in total. The maximum absolute atomic E-state index is 12.3. The molecule has 2 rings (SSSR count). The number of nitrogens with one attached hydrogen (secondary N) is 1. The van der Waals surface area contributed by atoms with Crippen LogP contribution in [0.5, 0.6) is 0 Å². The van der Waals surface area contributed by atoms with Crippen LogP contribution in [-0.4, -0.2) is 32.6 Å². The van der Waals surface area contributed by atoms with Crippen molar-refractivity contribution in [3.63, 3.8) is 0 Å². The Labute approximate surface area is 119 Å². The van der Waals surface area contributed by atoms with Gasteiger partial charge in [-0.15, -0.1) is 0 Å². The number of fused-ring (bicyclic) bond motifs is 1. The number of aliphatic carboxylic acids is 1. The van der Waals surface area contributed by atoms with Crippen LogP contribution in [-0.2, 0) is 11.8 Å². The van der Waals surface area contributed by atoms with Crippen LogP contribution in [0.15, 0.2) is 15.5 Å². The van der Waals surface area contributed by atoms with Crippen molar-refractivity contribution >= 4 is 23.0 Å². The fraction of sp³-hybridized carbons (Fsp3) is 0.385. The Hall–Kier alpha value is -2.64. The molecule has 2 aromatic rings. The van der Waals surface area contributed by atoms with Crippen molar-refractivity contribution in [2.24, 2.45) is 7.05 Å². The molecule has 0 aliphatic carbocycles. The van der Waals surface area contributed by atoms with Gasteiger partial charge in [0, 0.05) is 13.1 Å². The first kappa shape index (κ1) is 14.8. The number of carbonyl (C=O) groups is 2. The van der Waals surface area contributed by atoms with E-state index in [0.717, 1.165) is 0 Å². The molecule has 112 valence electrons. The first-order valence-electron chi connectivity index (χ1n) is 6.28. The van der Waals surface area contributed by atoms with Gasteiger partial charge in [-0.05, 0) is 13.8 Å². The van der Waals surface area contributed by atoms with E-state index in [1.165, 1.54) is 17.9 Å². The van der Waals surface area contributed by atoms with Crippen LogP contribution in [0.4, 0.5) is 0 Å². The summed E-state index contributed by atoms with van der Waals surface area (Å²) in [5.74, 6) is -1.31. The molecular weight excluding hydrogens is 278 g/mol. The molecule has 2 aromatic heterocycles. The SMILES string of the molecule is Cc1oc2ncn(C)c(=O)c2c1C(=O)NC(C)CC(=O)O. The normalized spacial score (nSPS) is 12.3. The Kier molecular flexibility index (Phi) is 3.79. The molecule has 1 amide bonds. The highest BCUT2D eigenvalue weighted by atomic mass is 16.4. The van der Waals surface area contributed by atoms with E-state index in [2.05, 4.69) is 10.3 Å². The molecule has 0 fully saturated rings. The fourth-order valence-electron chi connectivity index (χ4n) is 2.07. The third kappa shape index (κ3) is 2.78. The molecule has 21 heavy (non-hydrogen) atoms. The number of aryl methyl sites for hydroxylation is 2. The minimum absolute atomic E-state index is 0.0895. The zero-order valence-corrected chi connectivity index (χ0v) is 11.8. The van der Waals surface area contributed by atoms with Crippen molar-refractivity contribution < 1.29 is 19.1 Å². The van der Waals surface area contributed by atoms with E-state index in [-0.39, 0.29) is 28.8 Å². The fourth-order valence-corrected chi connectivity index (χ4v) is 2.07. The van der Waals surface area contributed by atoms with Gasteiger partial charge in [0.15, 0.2) is 0 Å². The molecule has 1 atom stereocenters. The van der Waals surface area contributed by atoms with Crippen LogP contribution < -0.4 is 10.9 Å². The molecule has 8 heteroatoms. The number of carboxylic acids is 1. The highest BCUT2D eigenvalue weighted by Crippen LogP contribution is 2.20. The van der Waals surface area contributed by atoms with Crippen LogP contribution >= 0.6 is 0 Å². The van der Waals surface area contributed by atoms with E-state index in [0.29, 0.717) is 0 Å². The maximum atomic E-state index is 12.3. The van der Waals surface area contributed by atoms with Gasteiger partial charge in [-0.1, -0.05) is 0 Å². The number of hydrogen-bond acceptors (Lipinski definition) is 5. The Morgan fingerprint density at radius 1 is 1.52 bits per heavy atom. The number of carbonyl (C=O) groups excluding carboxylic acids is 1. The number of aromatic nitrogens is 2. The predicted octanol–water partition coefficient (Wildman–Crippen LogP) is 0.428. The summed E-state index contributed by atoms with van der Waals surface area (Å²) in [6.07, 6.45) is 1.10. The highest BCUT2D eigenvalue weighted by Gasteiger charge is 2.23. The number of nitrogens with zero attached hydrogens (tertiary/aromatic N) is 2. The van der Waals surface area contributed by atoms with Crippen LogP contribution in [0.25, 0.3) is 11.1 Å². The van der Waals surface area contributed by atoms with E-state index in [4.69, 9.17) is 9.52 Å². The van der Waals surface area contributed by atoms with Crippen LogP contribution in [0.2, 0.25) is 0 Å². The second-order valence-electron chi connectivity index (χ2n) is 4.85. The number of rotatable bonds is 4. The Balaban J connectivity index is 2.44. The van der Waals surface area contributed by atoms with Gasteiger partial charge in [-0.25, -0.2) is 4.98 Å². The minimum atomic E-state index is -1.02. The quantitative estimate of drug-likeness (QED) is 0.844. The molecule has 0 spiro atoms. The standard InChI is InChI=1S/C13H15N3O5/c1-6(4-8(17)18)15-11(19)9-7(2)21-12-10(9)13(20)16(3)5-14-12/h5-6H,4H2,1-3H3,(H,15,19)(H,17,18). The van der Waals surface area contributed by atoms with Gasteiger partial charge in [0.25, 0.3) is 11.5 Å². The molecular formula is C13H15N3O5. The largest absolute Gasteiger partial charge is 0.481 e. The molecule has 0 bridgehead atoms. The summed E-state index contributed by atoms with van der Waals surface area (Å²) in [5.41, 5.74) is -0.213. The second-order valence-corrected chi connectivity index (χ2v) is 4.85. The van der Waals surface area contributed by atoms with Gasteiger partial charge >= 0.3 is 5.97 Å². The van der Waals surface area contributed by atoms with Gasteiger partial charge in [0.2, 0.25) is 5.71 Å². The van der Waals surface area contributed by atoms with Gasteiger partial charge in [-0.2, -0.15) is 0 Å². The van der Waals surface area contributed by atoms with Crippen molar-refractivity contribution in [1.82, 2.24) is 14.9 Å². The minimum Gasteiger partial charge on any atom is -0.481 e. The summed E-state index contributed by atoms with van der Waals surface area (Å²) >= 11 is 0. The van der Waals surface area contributed by atoms with Crippen LogP contribution in [0, 0.1) is 6.92 Å². The van der Waals surface area contributed by atoms with Crippen LogP contribution in [0.1, 0.15) is 29.5 Å². The van der Waals surface area contributed by atoms with Crippen molar-refractivity contribution in [3.05, 3.63) is 28.0 Å². The molecule has 8 nitrogen and oxygen atoms in total. The second kappa shape index (κ2) is 5.39. The van der Waals surface area contributed by atoms with Gasteiger partial charge < -0.3 is 19.4 Å². The number of carboxylic acid groups (broad SMARTS) is 1. The lowest BCUT2D eigenvalue weighted by atomic mass is 10.1. The Morgan fingerprint density at radius 3 is 2.81 bits per heavy atom. The molecule has 1 unspecified atom stereocenters. The number of furan rings is 1. The molecule has 0 saturated carbocycles. The molecule has 0 radical (unpaired) electrons. The van der Waals surface area contributed by atoms with Crippen molar-refractivity contribution in [1.29, 1.82) is 0 Å². The topological polar surface area (TPSA) is 114 Å². The molecule has 0 aromatic carbocycles. The lowest BCUT2D eigenvalue weighted by Crippen LogP contribution is -2.35. The van der Waals surface area contributed by atoms with Crippen molar-refractivity contribution in [3.8, 4) is 0 Å². The third-order valence-corrected chi connectivity index (χ3v) is 3.03. The maximum Gasteiger partial charge on any atom is 0.305 e. The summed E-state index contributed by atoms with van der Waals surface area (Å²) in [6.45, 7) is 3.12. The van der Waals surface area contributed by atoms with Crippen molar-refractivity contribution in [2.75, 3.05) is 0 Å². The lowest BCUT2D eigenvalue weighted by Gasteiger charge is -2.11. The predicted molar refractivity (Wildman–Crippen MR) is 73.2 cm³/mol. The first-order chi connectivity index (χ1) is 9.81. The summed E-state index contributed by atoms with van der Waals surface area (Å²) in [4.78, 5) is 39.0.